The van der Waals surface area contributed by atoms with Crippen LogP contribution < -0.4 is 5.43 Å². The predicted octanol–water partition coefficient (Wildman–Crippen LogP) is 2.01. The molecule has 0 unspecified atom stereocenters. The molecule has 0 aliphatic carbocycles. The lowest BCUT2D eigenvalue weighted by molar-refractivity contribution is -0.383. The molecule has 0 fully saturated rings. The zero-order chi connectivity index (χ0) is 11.0. The van der Waals surface area contributed by atoms with Crippen molar-refractivity contribution in [2.24, 2.45) is 0 Å². The fourth-order valence-electron chi connectivity index (χ4n) is 1.47. The van der Waals surface area contributed by atoms with E-state index in [1.54, 1.807) is 13.0 Å². The highest BCUT2D eigenvalue weighted by Gasteiger charge is 2.16. The summed E-state index contributed by atoms with van der Waals surface area (Å²) in [6, 6.07) is 4.05. The molecule has 0 aliphatic rings. The van der Waals surface area contributed by atoms with E-state index in [1.165, 1.54) is 18.4 Å². The highest BCUT2D eigenvalue weighted by molar-refractivity contribution is 5.88. The lowest BCUT2D eigenvalue weighted by Crippen LogP contribution is -2.03. The Labute approximate surface area is 84.1 Å². The van der Waals surface area contributed by atoms with Gasteiger partial charge in [0, 0.05) is 12.1 Å². The van der Waals surface area contributed by atoms with Crippen LogP contribution in [0.2, 0.25) is 0 Å². The number of rotatable bonds is 1. The van der Waals surface area contributed by atoms with Gasteiger partial charge in [-0.05, 0) is 18.6 Å². The molecule has 1 aromatic heterocycles. The highest BCUT2D eigenvalue weighted by atomic mass is 16.6. The van der Waals surface area contributed by atoms with Crippen molar-refractivity contribution in [3.05, 3.63) is 50.4 Å². The molecule has 0 saturated carbocycles. The molecule has 0 atom stereocenters. The summed E-state index contributed by atoms with van der Waals surface area (Å²) in [5.74, 6) is 0. The van der Waals surface area contributed by atoms with E-state index in [0.717, 1.165) is 0 Å². The smallest absolute Gasteiger partial charge is 0.284 e. The van der Waals surface area contributed by atoms with Gasteiger partial charge in [0.15, 0.2) is 5.43 Å². The van der Waals surface area contributed by atoms with Gasteiger partial charge >= 0.3 is 0 Å². The Morgan fingerprint density at radius 1 is 1.33 bits per heavy atom. The van der Waals surface area contributed by atoms with E-state index in [0.29, 0.717) is 5.56 Å². The van der Waals surface area contributed by atoms with Gasteiger partial charge in [0.25, 0.3) is 5.69 Å². The second kappa shape index (κ2) is 3.20. The lowest BCUT2D eigenvalue weighted by Gasteiger charge is -2.00. The molecule has 0 radical (unpaired) electrons. The molecular formula is C10H7NO4. The number of fused-ring (bicyclic) bond motifs is 1. The van der Waals surface area contributed by atoms with Crippen molar-refractivity contribution in [1.29, 1.82) is 0 Å². The number of nitrogens with zero attached hydrogens (tertiary/aromatic N) is 1. The highest BCUT2D eigenvalue weighted by Crippen LogP contribution is 2.24. The van der Waals surface area contributed by atoms with Crippen LogP contribution in [0.5, 0.6) is 0 Å². The third-order valence-electron chi connectivity index (χ3n) is 2.18. The van der Waals surface area contributed by atoms with Crippen LogP contribution in [0.25, 0.3) is 11.0 Å². The second-order valence-electron chi connectivity index (χ2n) is 3.15. The first kappa shape index (κ1) is 9.39. The maximum Gasteiger partial charge on any atom is 0.284 e. The summed E-state index contributed by atoms with van der Waals surface area (Å²) in [6.07, 6.45) is 1.24. The number of hydrogen-bond acceptors (Lipinski definition) is 4. The minimum Gasteiger partial charge on any atom is -0.464 e. The number of aryl methyl sites for hydroxylation is 1. The van der Waals surface area contributed by atoms with Crippen LogP contribution in [-0.2, 0) is 0 Å². The van der Waals surface area contributed by atoms with Gasteiger partial charge in [0.05, 0.1) is 11.2 Å². The summed E-state index contributed by atoms with van der Waals surface area (Å²) in [6.45, 7) is 1.73. The molecule has 0 N–H and O–H groups in total. The predicted molar refractivity (Wildman–Crippen MR) is 53.9 cm³/mol. The zero-order valence-corrected chi connectivity index (χ0v) is 7.89. The number of hydrogen-bond donors (Lipinski definition) is 0. The molecule has 2 rings (SSSR count). The minimum absolute atomic E-state index is 0.0301. The van der Waals surface area contributed by atoms with Crippen LogP contribution in [0.3, 0.4) is 0 Å². The Morgan fingerprint density at radius 2 is 2.07 bits per heavy atom. The van der Waals surface area contributed by atoms with Gasteiger partial charge in [-0.2, -0.15) is 0 Å². The standard InChI is InChI=1S/C10H7NO4/c1-6-2-3-7(11(13)14)9-8(12)4-5-15-10(6)9/h2-5H,1H3. The van der Waals surface area contributed by atoms with E-state index in [4.69, 9.17) is 4.42 Å². The Morgan fingerprint density at radius 3 is 2.73 bits per heavy atom. The Balaban J connectivity index is 3.03. The fraction of sp³-hybridized carbons (Fsp3) is 0.100. The first-order chi connectivity index (χ1) is 7.11. The van der Waals surface area contributed by atoms with Gasteiger partial charge in [-0.1, -0.05) is 0 Å². The molecule has 15 heavy (non-hydrogen) atoms. The molecule has 0 amide bonds. The molecule has 0 bridgehead atoms. The van der Waals surface area contributed by atoms with Crippen molar-refractivity contribution in [1.82, 2.24) is 0 Å². The van der Waals surface area contributed by atoms with Crippen LogP contribution in [0.1, 0.15) is 5.56 Å². The van der Waals surface area contributed by atoms with Gasteiger partial charge < -0.3 is 4.42 Å². The fourth-order valence-corrected chi connectivity index (χ4v) is 1.47. The van der Waals surface area contributed by atoms with Crippen molar-refractivity contribution >= 4 is 16.7 Å². The van der Waals surface area contributed by atoms with Crippen LogP contribution in [0, 0.1) is 17.0 Å². The Bertz CT molecular complexity index is 600. The first-order valence-corrected chi connectivity index (χ1v) is 4.27. The van der Waals surface area contributed by atoms with E-state index >= 15 is 0 Å². The van der Waals surface area contributed by atoms with Crippen LogP contribution >= 0.6 is 0 Å². The maximum absolute atomic E-state index is 11.5. The van der Waals surface area contributed by atoms with E-state index in [1.807, 2.05) is 0 Å². The minimum atomic E-state index is -0.585. The molecular weight excluding hydrogens is 198 g/mol. The molecule has 76 valence electrons. The van der Waals surface area contributed by atoms with Gasteiger partial charge in [0.2, 0.25) is 0 Å². The average molecular weight is 205 g/mol. The molecule has 5 nitrogen and oxygen atoms in total. The van der Waals surface area contributed by atoms with E-state index < -0.39 is 10.4 Å². The van der Waals surface area contributed by atoms with E-state index in [2.05, 4.69) is 0 Å². The number of nitro benzene ring substituents is 1. The van der Waals surface area contributed by atoms with Gasteiger partial charge in [-0.15, -0.1) is 0 Å². The summed E-state index contributed by atoms with van der Waals surface area (Å²) >= 11 is 0. The quantitative estimate of drug-likeness (QED) is 0.527. The summed E-state index contributed by atoms with van der Waals surface area (Å²) in [5.41, 5.74) is 0.363. The Kier molecular flexibility index (Phi) is 2.00. The van der Waals surface area contributed by atoms with Crippen molar-refractivity contribution < 1.29 is 9.34 Å². The second-order valence-corrected chi connectivity index (χ2v) is 3.15. The molecule has 2 aromatic rings. The third-order valence-corrected chi connectivity index (χ3v) is 2.18. The van der Waals surface area contributed by atoms with Crippen molar-refractivity contribution in [3.63, 3.8) is 0 Å². The third kappa shape index (κ3) is 1.38. The summed E-state index contributed by atoms with van der Waals surface area (Å²) in [5, 5.41) is 10.7. The van der Waals surface area contributed by atoms with Crippen LogP contribution in [0.4, 0.5) is 5.69 Å². The zero-order valence-electron chi connectivity index (χ0n) is 7.89. The summed E-state index contributed by atoms with van der Waals surface area (Å²) < 4.78 is 5.11. The molecule has 0 spiro atoms. The first-order valence-electron chi connectivity index (χ1n) is 4.27. The molecule has 0 saturated heterocycles. The normalized spacial score (nSPS) is 10.5. The number of non-ortho nitro benzene ring substituents is 1. The molecule has 5 heteroatoms. The summed E-state index contributed by atoms with van der Waals surface area (Å²) in [4.78, 5) is 21.6. The lowest BCUT2D eigenvalue weighted by atomic mass is 10.1. The topological polar surface area (TPSA) is 73.3 Å². The number of nitro groups is 1. The van der Waals surface area contributed by atoms with Crippen LogP contribution in [-0.4, -0.2) is 4.92 Å². The Hall–Kier alpha value is -2.17. The molecule has 1 heterocycles. The van der Waals surface area contributed by atoms with Gasteiger partial charge in [0.1, 0.15) is 11.0 Å². The maximum atomic E-state index is 11.5. The molecule has 0 aliphatic heterocycles. The van der Waals surface area contributed by atoms with Crippen molar-refractivity contribution in [2.75, 3.05) is 0 Å². The summed E-state index contributed by atoms with van der Waals surface area (Å²) in [7, 11) is 0. The monoisotopic (exact) mass is 205 g/mol. The van der Waals surface area contributed by atoms with Crippen LogP contribution in [0.15, 0.2) is 33.7 Å². The van der Waals surface area contributed by atoms with Crippen molar-refractivity contribution in [3.8, 4) is 0 Å². The SMILES string of the molecule is Cc1ccc([N+](=O)[O-])c2c(=O)ccoc12. The van der Waals surface area contributed by atoms with Gasteiger partial charge in [-0.3, -0.25) is 14.9 Å². The van der Waals surface area contributed by atoms with E-state index in [9.17, 15) is 14.9 Å². The largest absolute Gasteiger partial charge is 0.464 e. The van der Waals surface area contributed by atoms with Crippen molar-refractivity contribution in [2.45, 2.75) is 6.92 Å². The van der Waals surface area contributed by atoms with E-state index in [-0.39, 0.29) is 16.7 Å². The average Bonchev–Trinajstić information content (AvgIpc) is 2.19. The molecule has 1 aromatic carbocycles. The van der Waals surface area contributed by atoms with Gasteiger partial charge in [-0.25, -0.2) is 0 Å². The number of benzene rings is 1.